The lowest BCUT2D eigenvalue weighted by Crippen LogP contribution is -2.36. The summed E-state index contributed by atoms with van der Waals surface area (Å²) in [6.45, 7) is -0.478. The lowest BCUT2D eigenvalue weighted by atomic mass is 10.1. The maximum Gasteiger partial charge on any atom is 0.157 e. The fraction of sp³-hybridized carbons (Fsp3) is 1.00. The SMILES string of the molecule is OCC(O)C1OC(O)CC1O. The standard InChI is InChI=1S/C6H12O5/c7-2-4(9)6-3(8)1-5(10)11-6/h3-10H,1-2H2. The molecular weight excluding hydrogens is 152 g/mol. The number of rotatable bonds is 2. The second-order valence-electron chi connectivity index (χ2n) is 2.61. The molecule has 0 spiro atoms. The highest BCUT2D eigenvalue weighted by Gasteiger charge is 2.37. The Kier molecular flexibility index (Phi) is 2.80. The topological polar surface area (TPSA) is 90.2 Å². The van der Waals surface area contributed by atoms with Crippen LogP contribution in [0.5, 0.6) is 0 Å². The molecule has 0 radical (unpaired) electrons. The third-order valence-electron chi connectivity index (χ3n) is 1.70. The van der Waals surface area contributed by atoms with Crippen LogP contribution < -0.4 is 0 Å². The maximum absolute atomic E-state index is 9.10. The highest BCUT2D eigenvalue weighted by atomic mass is 16.6. The van der Waals surface area contributed by atoms with Gasteiger partial charge in [-0.15, -0.1) is 0 Å². The largest absolute Gasteiger partial charge is 0.394 e. The van der Waals surface area contributed by atoms with Gasteiger partial charge in [-0.1, -0.05) is 0 Å². The third-order valence-corrected chi connectivity index (χ3v) is 1.70. The van der Waals surface area contributed by atoms with Gasteiger partial charge in [0.2, 0.25) is 0 Å². The molecule has 1 aliphatic rings. The summed E-state index contributed by atoms with van der Waals surface area (Å²) in [5, 5.41) is 35.4. The predicted molar refractivity (Wildman–Crippen MR) is 34.6 cm³/mol. The van der Waals surface area contributed by atoms with Crippen molar-refractivity contribution in [1.82, 2.24) is 0 Å². The molecule has 1 aliphatic heterocycles. The Balaban J connectivity index is 2.45. The lowest BCUT2D eigenvalue weighted by molar-refractivity contribution is -0.136. The van der Waals surface area contributed by atoms with Crippen LogP contribution in [-0.2, 0) is 4.74 Å². The Hall–Kier alpha value is -0.200. The van der Waals surface area contributed by atoms with Crippen molar-refractivity contribution in [2.75, 3.05) is 6.61 Å². The molecule has 0 aliphatic carbocycles. The van der Waals surface area contributed by atoms with Crippen molar-refractivity contribution in [1.29, 1.82) is 0 Å². The average molecular weight is 164 g/mol. The number of ether oxygens (including phenoxy) is 1. The summed E-state index contributed by atoms with van der Waals surface area (Å²) in [4.78, 5) is 0. The number of aliphatic hydroxyl groups excluding tert-OH is 4. The van der Waals surface area contributed by atoms with Gasteiger partial charge in [-0.05, 0) is 0 Å². The normalized spacial score (nSPS) is 40.9. The zero-order valence-electron chi connectivity index (χ0n) is 5.92. The van der Waals surface area contributed by atoms with Gasteiger partial charge < -0.3 is 25.2 Å². The first-order valence-electron chi connectivity index (χ1n) is 3.45. The Bertz CT molecular complexity index is 124. The second kappa shape index (κ2) is 3.46. The molecule has 0 aromatic rings. The van der Waals surface area contributed by atoms with E-state index in [2.05, 4.69) is 0 Å². The summed E-state index contributed by atoms with van der Waals surface area (Å²) in [6.07, 6.45) is -3.83. The van der Waals surface area contributed by atoms with Crippen LogP contribution in [0.2, 0.25) is 0 Å². The van der Waals surface area contributed by atoms with E-state index < -0.39 is 31.2 Å². The minimum absolute atomic E-state index is 0.0850. The van der Waals surface area contributed by atoms with Gasteiger partial charge in [-0.2, -0.15) is 0 Å². The number of hydrogen-bond acceptors (Lipinski definition) is 5. The second-order valence-corrected chi connectivity index (χ2v) is 2.61. The van der Waals surface area contributed by atoms with Gasteiger partial charge in [-0.3, -0.25) is 0 Å². The molecule has 1 fully saturated rings. The van der Waals surface area contributed by atoms with Gasteiger partial charge in [0, 0.05) is 6.42 Å². The molecule has 1 heterocycles. The molecule has 0 bridgehead atoms. The summed E-state index contributed by atoms with van der Waals surface area (Å²) in [7, 11) is 0. The predicted octanol–water partition coefficient (Wildman–Crippen LogP) is -2.19. The number of aliphatic hydroxyl groups is 4. The maximum atomic E-state index is 9.10. The molecule has 5 nitrogen and oxygen atoms in total. The van der Waals surface area contributed by atoms with Crippen molar-refractivity contribution in [3.8, 4) is 0 Å². The average Bonchev–Trinajstić information content (AvgIpc) is 2.28. The van der Waals surface area contributed by atoms with Crippen LogP contribution in [0.25, 0.3) is 0 Å². The molecular formula is C6H12O5. The van der Waals surface area contributed by atoms with Gasteiger partial charge >= 0.3 is 0 Å². The fourth-order valence-electron chi connectivity index (χ4n) is 1.12. The molecule has 5 heteroatoms. The molecule has 0 amide bonds. The van der Waals surface area contributed by atoms with E-state index in [9.17, 15) is 0 Å². The molecule has 66 valence electrons. The van der Waals surface area contributed by atoms with Crippen molar-refractivity contribution in [3.05, 3.63) is 0 Å². The zero-order valence-corrected chi connectivity index (χ0v) is 5.92. The summed E-state index contributed by atoms with van der Waals surface area (Å²) >= 11 is 0. The van der Waals surface area contributed by atoms with E-state index in [1.165, 1.54) is 0 Å². The van der Waals surface area contributed by atoms with E-state index in [1.54, 1.807) is 0 Å². The zero-order chi connectivity index (χ0) is 8.43. The van der Waals surface area contributed by atoms with Crippen LogP contribution in [0.1, 0.15) is 6.42 Å². The minimum atomic E-state index is -1.12. The minimum Gasteiger partial charge on any atom is -0.394 e. The summed E-state index contributed by atoms with van der Waals surface area (Å²) in [6, 6.07) is 0. The first-order chi connectivity index (χ1) is 5.15. The van der Waals surface area contributed by atoms with Crippen LogP contribution in [0.3, 0.4) is 0 Å². The Morgan fingerprint density at radius 3 is 2.45 bits per heavy atom. The Morgan fingerprint density at radius 1 is 1.45 bits per heavy atom. The van der Waals surface area contributed by atoms with Gasteiger partial charge in [0.05, 0.1) is 12.7 Å². The van der Waals surface area contributed by atoms with Crippen molar-refractivity contribution >= 4 is 0 Å². The highest BCUT2D eigenvalue weighted by Crippen LogP contribution is 2.20. The Labute approximate surface area is 63.8 Å². The van der Waals surface area contributed by atoms with Gasteiger partial charge in [-0.25, -0.2) is 0 Å². The van der Waals surface area contributed by atoms with Crippen LogP contribution in [0.4, 0.5) is 0 Å². The summed E-state index contributed by atoms with van der Waals surface area (Å²) < 4.78 is 4.72. The third kappa shape index (κ3) is 1.88. The summed E-state index contributed by atoms with van der Waals surface area (Å²) in [5.74, 6) is 0. The molecule has 0 saturated carbocycles. The number of hydrogen-bond donors (Lipinski definition) is 4. The van der Waals surface area contributed by atoms with E-state index >= 15 is 0 Å². The fourth-order valence-corrected chi connectivity index (χ4v) is 1.12. The molecule has 1 saturated heterocycles. The monoisotopic (exact) mass is 164 g/mol. The highest BCUT2D eigenvalue weighted by molar-refractivity contribution is 4.82. The van der Waals surface area contributed by atoms with Crippen LogP contribution >= 0.6 is 0 Å². The lowest BCUT2D eigenvalue weighted by Gasteiger charge is -2.17. The summed E-state index contributed by atoms with van der Waals surface area (Å²) in [5.41, 5.74) is 0. The van der Waals surface area contributed by atoms with Crippen LogP contribution in [-0.4, -0.2) is 51.6 Å². The van der Waals surface area contributed by atoms with Gasteiger partial charge in [0.1, 0.15) is 12.2 Å². The van der Waals surface area contributed by atoms with E-state index in [0.29, 0.717) is 0 Å². The first kappa shape index (κ1) is 8.89. The van der Waals surface area contributed by atoms with Crippen molar-refractivity contribution in [2.45, 2.75) is 31.0 Å². The van der Waals surface area contributed by atoms with Crippen molar-refractivity contribution in [2.24, 2.45) is 0 Å². The first-order valence-corrected chi connectivity index (χ1v) is 3.45. The molecule has 4 unspecified atom stereocenters. The van der Waals surface area contributed by atoms with Gasteiger partial charge in [0.15, 0.2) is 6.29 Å². The van der Waals surface area contributed by atoms with Crippen molar-refractivity contribution < 1.29 is 25.2 Å². The molecule has 11 heavy (non-hydrogen) atoms. The van der Waals surface area contributed by atoms with E-state index in [-0.39, 0.29) is 6.42 Å². The molecule has 4 N–H and O–H groups in total. The van der Waals surface area contributed by atoms with Gasteiger partial charge in [0.25, 0.3) is 0 Å². The molecule has 1 rings (SSSR count). The smallest absolute Gasteiger partial charge is 0.157 e. The molecule has 0 aromatic heterocycles. The van der Waals surface area contributed by atoms with Crippen LogP contribution in [0, 0.1) is 0 Å². The quantitative estimate of drug-likeness (QED) is 0.372. The van der Waals surface area contributed by atoms with Crippen LogP contribution in [0.15, 0.2) is 0 Å². The molecule has 4 atom stereocenters. The van der Waals surface area contributed by atoms with Crippen molar-refractivity contribution in [3.63, 3.8) is 0 Å². The molecule has 0 aromatic carbocycles. The van der Waals surface area contributed by atoms with E-state index in [1.807, 2.05) is 0 Å². The van der Waals surface area contributed by atoms with E-state index in [4.69, 9.17) is 25.2 Å². The van der Waals surface area contributed by atoms with E-state index in [0.717, 1.165) is 0 Å². The Morgan fingerprint density at radius 2 is 2.09 bits per heavy atom.